The number of carbonyl (C=O) groups excluding carboxylic acids is 1. The maximum Gasteiger partial charge on any atom is 0.227 e. The molecule has 104 valence electrons. The zero-order chi connectivity index (χ0) is 13.8. The fraction of sp³-hybridized carbons (Fsp3) is 0.562. The number of likely N-dealkylation sites (tertiary alicyclic amines) is 1. The fourth-order valence-corrected chi connectivity index (χ4v) is 2.68. The molecule has 3 heteroatoms. The molecule has 0 saturated carbocycles. The van der Waals surface area contributed by atoms with Gasteiger partial charge in [-0.25, -0.2) is 0 Å². The van der Waals surface area contributed by atoms with Crippen LogP contribution in [0.5, 0.6) is 0 Å². The lowest BCUT2D eigenvalue weighted by atomic mass is 10.0. The molecule has 1 aliphatic heterocycles. The van der Waals surface area contributed by atoms with Crippen LogP contribution in [0.25, 0.3) is 0 Å². The Balaban J connectivity index is 1.96. The van der Waals surface area contributed by atoms with Crippen molar-refractivity contribution in [3.63, 3.8) is 0 Å². The van der Waals surface area contributed by atoms with Gasteiger partial charge in [0, 0.05) is 19.1 Å². The Bertz CT molecular complexity index is 448. The maximum atomic E-state index is 12.3. The van der Waals surface area contributed by atoms with Gasteiger partial charge in [-0.3, -0.25) is 4.79 Å². The van der Waals surface area contributed by atoms with E-state index in [1.807, 2.05) is 11.9 Å². The van der Waals surface area contributed by atoms with Crippen molar-refractivity contribution in [2.75, 3.05) is 20.1 Å². The third-order valence-corrected chi connectivity index (χ3v) is 4.10. The predicted molar refractivity (Wildman–Crippen MR) is 78.3 cm³/mol. The van der Waals surface area contributed by atoms with Crippen molar-refractivity contribution < 1.29 is 4.79 Å². The number of aryl methyl sites for hydroxylation is 2. The van der Waals surface area contributed by atoms with E-state index in [2.05, 4.69) is 37.4 Å². The molecule has 1 aromatic carbocycles. The monoisotopic (exact) mass is 260 g/mol. The van der Waals surface area contributed by atoms with Gasteiger partial charge in [-0.05, 0) is 44.9 Å². The minimum Gasteiger partial charge on any atom is -0.342 e. The summed E-state index contributed by atoms with van der Waals surface area (Å²) < 4.78 is 0. The van der Waals surface area contributed by atoms with Crippen LogP contribution in [-0.2, 0) is 11.2 Å². The van der Waals surface area contributed by atoms with Crippen LogP contribution in [-0.4, -0.2) is 37.0 Å². The van der Waals surface area contributed by atoms with Gasteiger partial charge in [-0.1, -0.05) is 23.8 Å². The number of nitrogens with one attached hydrogen (secondary N) is 1. The van der Waals surface area contributed by atoms with E-state index < -0.39 is 0 Å². The molecule has 1 fully saturated rings. The van der Waals surface area contributed by atoms with E-state index >= 15 is 0 Å². The Morgan fingerprint density at radius 1 is 1.32 bits per heavy atom. The van der Waals surface area contributed by atoms with Crippen LogP contribution in [0.1, 0.15) is 29.5 Å². The molecule has 0 unspecified atom stereocenters. The van der Waals surface area contributed by atoms with Crippen LogP contribution < -0.4 is 5.32 Å². The molecule has 19 heavy (non-hydrogen) atoms. The minimum atomic E-state index is 0.267. The quantitative estimate of drug-likeness (QED) is 0.902. The summed E-state index contributed by atoms with van der Waals surface area (Å²) in [7, 11) is 2.00. The van der Waals surface area contributed by atoms with Gasteiger partial charge < -0.3 is 10.2 Å². The number of nitrogens with zero attached hydrogens (tertiary/aromatic N) is 1. The molecule has 1 saturated heterocycles. The first-order valence-electron chi connectivity index (χ1n) is 7.11. The molecular weight excluding hydrogens is 236 g/mol. The summed E-state index contributed by atoms with van der Waals surface area (Å²) in [5.41, 5.74) is 3.60. The van der Waals surface area contributed by atoms with Crippen LogP contribution >= 0.6 is 0 Å². The Labute approximate surface area is 116 Å². The Kier molecular flexibility index (Phi) is 4.59. The molecule has 3 nitrogen and oxygen atoms in total. The maximum absolute atomic E-state index is 12.3. The Morgan fingerprint density at radius 2 is 2.00 bits per heavy atom. The number of carbonyl (C=O) groups is 1. The van der Waals surface area contributed by atoms with Crippen molar-refractivity contribution in [1.29, 1.82) is 0 Å². The average molecular weight is 260 g/mol. The van der Waals surface area contributed by atoms with Crippen molar-refractivity contribution in [3.05, 3.63) is 34.9 Å². The topological polar surface area (TPSA) is 32.3 Å². The average Bonchev–Trinajstić information content (AvgIpc) is 2.43. The highest BCUT2D eigenvalue weighted by molar-refractivity contribution is 5.79. The van der Waals surface area contributed by atoms with E-state index in [-0.39, 0.29) is 5.91 Å². The number of benzene rings is 1. The molecule has 1 N–H and O–H groups in total. The van der Waals surface area contributed by atoms with Crippen molar-refractivity contribution >= 4 is 5.91 Å². The zero-order valence-corrected chi connectivity index (χ0v) is 12.2. The Morgan fingerprint density at radius 3 is 2.63 bits per heavy atom. The van der Waals surface area contributed by atoms with Crippen LogP contribution in [0.3, 0.4) is 0 Å². The van der Waals surface area contributed by atoms with Gasteiger partial charge in [-0.2, -0.15) is 0 Å². The number of amides is 1. The zero-order valence-electron chi connectivity index (χ0n) is 12.2. The number of hydrogen-bond acceptors (Lipinski definition) is 2. The summed E-state index contributed by atoms with van der Waals surface area (Å²) in [4.78, 5) is 14.3. The molecule has 0 spiro atoms. The molecule has 0 radical (unpaired) electrons. The summed E-state index contributed by atoms with van der Waals surface area (Å²) in [6, 6.07) is 6.91. The summed E-state index contributed by atoms with van der Waals surface area (Å²) >= 11 is 0. The van der Waals surface area contributed by atoms with E-state index in [4.69, 9.17) is 0 Å². The second-order valence-electron chi connectivity index (χ2n) is 5.55. The molecule has 1 aliphatic rings. The van der Waals surface area contributed by atoms with Crippen LogP contribution in [0, 0.1) is 13.8 Å². The standard InChI is InChI=1S/C16H24N2O/c1-12-4-5-13(2)14(10-12)11-16(19)18-8-6-15(17-3)7-9-18/h4-5,10,15,17H,6-9,11H2,1-3H3. The van der Waals surface area contributed by atoms with Gasteiger partial charge in [0.1, 0.15) is 0 Å². The molecular formula is C16H24N2O. The van der Waals surface area contributed by atoms with Crippen LogP contribution in [0.2, 0.25) is 0 Å². The summed E-state index contributed by atoms with van der Waals surface area (Å²) in [6.45, 7) is 5.92. The molecule has 1 aromatic rings. The number of piperidine rings is 1. The summed E-state index contributed by atoms with van der Waals surface area (Å²) in [6.07, 6.45) is 2.67. The van der Waals surface area contributed by atoms with Crippen LogP contribution in [0.4, 0.5) is 0 Å². The first kappa shape index (κ1) is 14.1. The largest absolute Gasteiger partial charge is 0.342 e. The smallest absolute Gasteiger partial charge is 0.227 e. The normalized spacial score (nSPS) is 16.7. The van der Waals surface area contributed by atoms with Gasteiger partial charge >= 0.3 is 0 Å². The van der Waals surface area contributed by atoms with Crippen molar-refractivity contribution in [3.8, 4) is 0 Å². The lowest BCUT2D eigenvalue weighted by molar-refractivity contribution is -0.131. The SMILES string of the molecule is CNC1CCN(C(=O)Cc2cc(C)ccc2C)CC1. The van der Waals surface area contributed by atoms with E-state index in [1.165, 1.54) is 16.7 Å². The second kappa shape index (κ2) is 6.20. The van der Waals surface area contributed by atoms with Crippen molar-refractivity contribution in [1.82, 2.24) is 10.2 Å². The number of hydrogen-bond donors (Lipinski definition) is 1. The summed E-state index contributed by atoms with van der Waals surface area (Å²) in [5.74, 6) is 0.267. The van der Waals surface area contributed by atoms with Gasteiger partial charge in [0.15, 0.2) is 0 Å². The highest BCUT2D eigenvalue weighted by atomic mass is 16.2. The van der Waals surface area contributed by atoms with Gasteiger partial charge in [0.2, 0.25) is 5.91 Å². The minimum absolute atomic E-state index is 0.267. The third-order valence-electron chi connectivity index (χ3n) is 4.10. The Hall–Kier alpha value is -1.35. The van der Waals surface area contributed by atoms with Gasteiger partial charge in [0.05, 0.1) is 6.42 Å². The van der Waals surface area contributed by atoms with Crippen LogP contribution in [0.15, 0.2) is 18.2 Å². The molecule has 1 amide bonds. The van der Waals surface area contributed by atoms with E-state index in [1.54, 1.807) is 0 Å². The number of rotatable bonds is 3. The van der Waals surface area contributed by atoms with Gasteiger partial charge in [-0.15, -0.1) is 0 Å². The highest BCUT2D eigenvalue weighted by Crippen LogP contribution is 2.15. The molecule has 2 rings (SSSR count). The van der Waals surface area contributed by atoms with Crippen molar-refractivity contribution in [2.45, 2.75) is 39.2 Å². The molecule has 0 aromatic heterocycles. The highest BCUT2D eigenvalue weighted by Gasteiger charge is 2.21. The molecule has 1 heterocycles. The molecule has 0 aliphatic carbocycles. The molecule has 0 atom stereocenters. The van der Waals surface area contributed by atoms with Crippen molar-refractivity contribution in [2.24, 2.45) is 0 Å². The lowest BCUT2D eigenvalue weighted by Gasteiger charge is -2.32. The van der Waals surface area contributed by atoms with Gasteiger partial charge in [0.25, 0.3) is 0 Å². The summed E-state index contributed by atoms with van der Waals surface area (Å²) in [5, 5.41) is 3.29. The molecule has 0 bridgehead atoms. The predicted octanol–water partition coefficient (Wildman–Crippen LogP) is 2.06. The second-order valence-corrected chi connectivity index (χ2v) is 5.55. The first-order valence-corrected chi connectivity index (χ1v) is 7.11. The fourth-order valence-electron chi connectivity index (χ4n) is 2.68. The first-order chi connectivity index (χ1) is 9.10. The third kappa shape index (κ3) is 3.57. The lowest BCUT2D eigenvalue weighted by Crippen LogP contribution is -2.44. The van der Waals surface area contributed by atoms with E-state index in [0.717, 1.165) is 25.9 Å². The van der Waals surface area contributed by atoms with E-state index in [9.17, 15) is 4.79 Å². The van der Waals surface area contributed by atoms with E-state index in [0.29, 0.717) is 12.5 Å².